The molecule has 2 saturated heterocycles. The van der Waals surface area contributed by atoms with Crippen molar-refractivity contribution >= 4 is 5.57 Å². The van der Waals surface area contributed by atoms with Crippen LogP contribution in [0.4, 0.5) is 0 Å². The van der Waals surface area contributed by atoms with Gasteiger partial charge in [0.25, 0.3) is 0 Å². The Morgan fingerprint density at radius 1 is 0.646 bits per heavy atom. The molecule has 4 aromatic rings. The van der Waals surface area contributed by atoms with Gasteiger partial charge in [-0.2, -0.15) is 10.2 Å². The molecule has 4 heterocycles. The van der Waals surface area contributed by atoms with E-state index >= 15 is 0 Å². The van der Waals surface area contributed by atoms with Gasteiger partial charge in [0.1, 0.15) is 0 Å². The molecule has 6 nitrogen and oxygen atoms in total. The van der Waals surface area contributed by atoms with Crippen molar-refractivity contribution in [2.75, 3.05) is 39.3 Å². The van der Waals surface area contributed by atoms with Gasteiger partial charge in [-0.1, -0.05) is 56.3 Å². The minimum atomic E-state index is 0.700. The van der Waals surface area contributed by atoms with E-state index in [1.165, 1.54) is 136 Å². The Balaban J connectivity index is 0.000000152. The number of hydrogen-bond donors (Lipinski definition) is 0. The van der Waals surface area contributed by atoms with Crippen molar-refractivity contribution in [1.29, 1.82) is 0 Å². The largest absolute Gasteiger partial charge is 0.303 e. The topological polar surface area (TPSA) is 42.1 Å². The van der Waals surface area contributed by atoms with Crippen LogP contribution in [0.5, 0.6) is 0 Å². The number of aromatic nitrogens is 4. The Labute approximate surface area is 288 Å². The summed E-state index contributed by atoms with van der Waals surface area (Å²) in [4.78, 5) is 5.28. The van der Waals surface area contributed by atoms with Crippen LogP contribution in [-0.4, -0.2) is 68.6 Å². The lowest BCUT2D eigenvalue weighted by Crippen LogP contribution is -2.34. The van der Waals surface area contributed by atoms with Gasteiger partial charge in [0.05, 0.1) is 29.5 Å². The van der Waals surface area contributed by atoms with Gasteiger partial charge in [-0.15, -0.1) is 0 Å². The molecule has 2 aromatic heterocycles. The Kier molecular flexibility index (Phi) is 10.9. The Bertz CT molecular complexity index is 1600. The van der Waals surface area contributed by atoms with Crippen LogP contribution in [0.25, 0.3) is 16.9 Å². The average Bonchev–Trinajstić information content (AvgIpc) is 3.78. The second-order valence-corrected chi connectivity index (χ2v) is 15.0. The van der Waals surface area contributed by atoms with E-state index in [1.54, 1.807) is 0 Å². The number of rotatable bonds is 7. The molecule has 0 amide bonds. The fraction of sp³-hybridized carbons (Fsp3) is 0.524. The van der Waals surface area contributed by atoms with Gasteiger partial charge in [0, 0.05) is 17.8 Å². The lowest BCUT2D eigenvalue weighted by Gasteiger charge is -2.32. The summed E-state index contributed by atoms with van der Waals surface area (Å²) in [6, 6.07) is 21.1. The quantitative estimate of drug-likeness (QED) is 0.202. The van der Waals surface area contributed by atoms with Crippen LogP contribution in [0.2, 0.25) is 0 Å². The molecule has 2 aliphatic carbocycles. The lowest BCUT2D eigenvalue weighted by atomic mass is 9.84. The van der Waals surface area contributed by atoms with Crippen molar-refractivity contribution in [3.05, 3.63) is 102 Å². The molecule has 8 rings (SSSR count). The van der Waals surface area contributed by atoms with E-state index in [2.05, 4.69) is 117 Å². The van der Waals surface area contributed by atoms with E-state index in [0.29, 0.717) is 5.92 Å². The summed E-state index contributed by atoms with van der Waals surface area (Å²) >= 11 is 0. The maximum atomic E-state index is 4.73. The van der Waals surface area contributed by atoms with Crippen LogP contribution in [0.15, 0.2) is 79.1 Å². The number of allylic oxidation sites excluding steroid dienone is 1. The number of likely N-dealkylation sites (tertiary alicyclic amines) is 2. The summed E-state index contributed by atoms with van der Waals surface area (Å²) < 4.78 is 4.30. The van der Waals surface area contributed by atoms with E-state index in [-0.39, 0.29) is 0 Å². The Hall–Kier alpha value is -3.48. The molecular weight excluding hydrogens is 589 g/mol. The first kappa shape index (κ1) is 33.0. The molecule has 4 aliphatic rings. The first-order valence-electron chi connectivity index (χ1n) is 19.0. The van der Waals surface area contributed by atoms with E-state index in [4.69, 9.17) is 5.10 Å². The maximum Gasteiger partial charge on any atom is 0.0649 e. The third-order valence-electron chi connectivity index (χ3n) is 11.5. The van der Waals surface area contributed by atoms with Crippen LogP contribution in [0.3, 0.4) is 0 Å². The van der Waals surface area contributed by atoms with Crippen molar-refractivity contribution in [1.82, 2.24) is 29.4 Å². The second-order valence-electron chi connectivity index (χ2n) is 15.0. The zero-order chi connectivity index (χ0) is 32.7. The SMILES string of the molecule is CC1CCN(C/C=C2\CCCc3c2cnn3-c2ccccc2)CC1.CC1CCN(CCC2CCCc3c2cnn3-c2ccccc2)CC1. The monoisotopic (exact) mass is 644 g/mol. The molecule has 48 heavy (non-hydrogen) atoms. The molecule has 0 N–H and O–H groups in total. The van der Waals surface area contributed by atoms with Gasteiger partial charge in [-0.05, 0) is 157 Å². The molecule has 0 spiro atoms. The molecule has 2 aliphatic heterocycles. The summed E-state index contributed by atoms with van der Waals surface area (Å²) in [7, 11) is 0. The zero-order valence-corrected chi connectivity index (χ0v) is 29.4. The normalized spacial score (nSPS) is 21.8. The minimum Gasteiger partial charge on any atom is -0.303 e. The summed E-state index contributed by atoms with van der Waals surface area (Å²) in [5.41, 5.74) is 9.58. The Morgan fingerprint density at radius 3 is 1.90 bits per heavy atom. The number of nitrogens with zero attached hydrogens (tertiary/aromatic N) is 6. The van der Waals surface area contributed by atoms with Crippen molar-refractivity contribution in [3.63, 3.8) is 0 Å². The van der Waals surface area contributed by atoms with E-state index < -0.39 is 0 Å². The summed E-state index contributed by atoms with van der Waals surface area (Å²) in [6.45, 7) is 12.2. The minimum absolute atomic E-state index is 0.700. The number of benzene rings is 2. The third kappa shape index (κ3) is 7.87. The molecule has 254 valence electrons. The third-order valence-corrected chi connectivity index (χ3v) is 11.5. The number of para-hydroxylation sites is 2. The van der Waals surface area contributed by atoms with Gasteiger partial charge in [0.2, 0.25) is 0 Å². The molecule has 1 unspecified atom stereocenters. The molecule has 0 bridgehead atoms. The van der Waals surface area contributed by atoms with Crippen LogP contribution in [-0.2, 0) is 12.8 Å². The number of fused-ring (bicyclic) bond motifs is 2. The number of hydrogen-bond acceptors (Lipinski definition) is 4. The van der Waals surface area contributed by atoms with Crippen molar-refractivity contribution < 1.29 is 0 Å². The molecule has 2 fully saturated rings. The summed E-state index contributed by atoms with van der Waals surface area (Å²) in [6.07, 6.45) is 20.8. The molecule has 1 atom stereocenters. The smallest absolute Gasteiger partial charge is 0.0649 e. The van der Waals surface area contributed by atoms with Crippen LogP contribution in [0, 0.1) is 11.8 Å². The molecule has 2 aromatic carbocycles. The second kappa shape index (κ2) is 15.8. The van der Waals surface area contributed by atoms with Gasteiger partial charge in [0.15, 0.2) is 0 Å². The van der Waals surface area contributed by atoms with Crippen molar-refractivity contribution in [2.24, 2.45) is 11.8 Å². The van der Waals surface area contributed by atoms with Gasteiger partial charge >= 0.3 is 0 Å². The highest BCUT2D eigenvalue weighted by Crippen LogP contribution is 2.36. The van der Waals surface area contributed by atoms with E-state index in [9.17, 15) is 0 Å². The fourth-order valence-corrected chi connectivity index (χ4v) is 8.32. The first-order valence-corrected chi connectivity index (χ1v) is 19.0. The Morgan fingerprint density at radius 2 is 1.23 bits per heavy atom. The van der Waals surface area contributed by atoms with Gasteiger partial charge in [-0.3, -0.25) is 4.90 Å². The molecular formula is C42H56N6. The van der Waals surface area contributed by atoms with Crippen molar-refractivity contribution in [3.8, 4) is 11.4 Å². The van der Waals surface area contributed by atoms with Gasteiger partial charge in [-0.25, -0.2) is 9.36 Å². The summed E-state index contributed by atoms with van der Waals surface area (Å²) in [5.74, 6) is 2.52. The lowest BCUT2D eigenvalue weighted by molar-refractivity contribution is 0.185. The highest BCUT2D eigenvalue weighted by Gasteiger charge is 2.26. The first-order chi connectivity index (χ1) is 23.6. The predicted octanol–water partition coefficient (Wildman–Crippen LogP) is 8.74. The predicted molar refractivity (Wildman–Crippen MR) is 198 cm³/mol. The number of piperidine rings is 2. The summed E-state index contributed by atoms with van der Waals surface area (Å²) in [5, 5.41) is 9.41. The molecule has 0 saturated carbocycles. The van der Waals surface area contributed by atoms with Crippen molar-refractivity contribution in [2.45, 2.75) is 90.4 Å². The maximum absolute atomic E-state index is 4.73. The standard InChI is InChI=1S/C21H29N3.C21H27N3/c2*1-17-10-13-23(14-11-17)15-12-18-6-5-9-21-20(18)16-22-24(21)19-7-3-2-4-8-19/h2-4,7-8,16-18H,5-6,9-15H2,1H3;2-4,7-8,12,16-17H,5-6,9-11,13-15H2,1H3/b;18-12+. The van der Waals surface area contributed by atoms with Crippen LogP contribution >= 0.6 is 0 Å². The highest BCUT2D eigenvalue weighted by molar-refractivity contribution is 5.69. The van der Waals surface area contributed by atoms with Gasteiger partial charge < -0.3 is 4.90 Å². The van der Waals surface area contributed by atoms with E-state index in [1.807, 2.05) is 0 Å². The van der Waals surface area contributed by atoms with Crippen LogP contribution in [0.1, 0.15) is 100 Å². The fourth-order valence-electron chi connectivity index (χ4n) is 8.32. The molecule has 0 radical (unpaired) electrons. The molecule has 6 heteroatoms. The van der Waals surface area contributed by atoms with Crippen LogP contribution < -0.4 is 0 Å². The zero-order valence-electron chi connectivity index (χ0n) is 29.4. The van der Waals surface area contributed by atoms with E-state index in [0.717, 1.165) is 24.8 Å². The highest BCUT2D eigenvalue weighted by atomic mass is 15.3. The average molecular weight is 645 g/mol.